The van der Waals surface area contributed by atoms with Crippen molar-refractivity contribution < 1.29 is 34.5 Å². The molecule has 0 aliphatic carbocycles. The first kappa shape index (κ1) is 26.0. The zero-order valence-corrected chi connectivity index (χ0v) is 17.4. The highest BCUT2D eigenvalue weighted by Gasteiger charge is 2.31. The van der Waals surface area contributed by atoms with Crippen LogP contribution in [0.4, 0.5) is 0 Å². The third-order valence-corrected chi connectivity index (χ3v) is 4.49. The molecule has 0 aliphatic heterocycles. The molecule has 4 unspecified atom stereocenters. The molecule has 0 heterocycles. The lowest BCUT2D eigenvalue weighted by Crippen LogP contribution is -2.59. The summed E-state index contributed by atoms with van der Waals surface area (Å²) in [5.41, 5.74) is 6.80. The summed E-state index contributed by atoms with van der Waals surface area (Å²) in [7, 11) is 0. The van der Waals surface area contributed by atoms with Crippen LogP contribution in [-0.2, 0) is 25.6 Å². The number of aliphatic hydroxyl groups excluding tert-OH is 2. The van der Waals surface area contributed by atoms with Crippen molar-refractivity contribution in [2.45, 2.75) is 44.4 Å². The molecule has 0 saturated carbocycles. The second-order valence-electron chi connectivity index (χ2n) is 7.35. The number of benzene rings is 1. The van der Waals surface area contributed by atoms with Crippen LogP contribution in [0.1, 0.15) is 19.4 Å². The number of rotatable bonds is 12. The van der Waals surface area contributed by atoms with Gasteiger partial charge in [-0.1, -0.05) is 44.2 Å². The van der Waals surface area contributed by atoms with E-state index in [4.69, 9.17) is 15.9 Å². The minimum Gasteiger partial charge on any atom is -0.480 e. The molecule has 172 valence electrons. The molecule has 8 N–H and O–H groups in total. The lowest BCUT2D eigenvalue weighted by molar-refractivity contribution is -0.143. The van der Waals surface area contributed by atoms with E-state index < -0.39 is 61.1 Å². The normalized spacial score (nSPS) is 14.8. The van der Waals surface area contributed by atoms with E-state index in [9.17, 15) is 24.3 Å². The molecule has 0 spiro atoms. The van der Waals surface area contributed by atoms with Gasteiger partial charge in [-0.3, -0.25) is 14.4 Å². The molecule has 11 heteroatoms. The van der Waals surface area contributed by atoms with Gasteiger partial charge in [0.2, 0.25) is 17.7 Å². The van der Waals surface area contributed by atoms with Crippen LogP contribution in [-0.4, -0.2) is 76.4 Å². The topological polar surface area (TPSA) is 191 Å². The van der Waals surface area contributed by atoms with Gasteiger partial charge in [-0.25, -0.2) is 4.79 Å². The average Bonchev–Trinajstić information content (AvgIpc) is 2.73. The number of nitrogens with one attached hydrogen (secondary N) is 3. The maximum atomic E-state index is 12.6. The Morgan fingerprint density at radius 2 is 1.42 bits per heavy atom. The standard InChI is InChI=1S/C20H30N4O7/c1-11(2)16(24-17(27)13(21)8-12-6-4-3-5-7-12)19(29)22-14(9-25)18(28)23-15(10-26)20(30)31/h3-7,11,13-16,25-26H,8-10,21H2,1-2H3,(H,22,29)(H,23,28)(H,24,27)(H,30,31). The van der Waals surface area contributed by atoms with Crippen molar-refractivity contribution in [2.24, 2.45) is 11.7 Å². The van der Waals surface area contributed by atoms with Crippen LogP contribution in [0, 0.1) is 5.92 Å². The van der Waals surface area contributed by atoms with E-state index in [1.54, 1.807) is 13.8 Å². The highest BCUT2D eigenvalue weighted by Crippen LogP contribution is 2.06. The number of amides is 3. The van der Waals surface area contributed by atoms with E-state index in [1.807, 2.05) is 35.6 Å². The summed E-state index contributed by atoms with van der Waals surface area (Å²) in [6.07, 6.45) is 0.262. The van der Waals surface area contributed by atoms with Gasteiger partial charge in [-0.05, 0) is 17.9 Å². The van der Waals surface area contributed by atoms with Crippen LogP contribution in [0.15, 0.2) is 30.3 Å². The van der Waals surface area contributed by atoms with E-state index in [0.717, 1.165) is 5.56 Å². The number of carboxylic acids is 1. The second-order valence-corrected chi connectivity index (χ2v) is 7.35. The SMILES string of the molecule is CC(C)C(NC(=O)C(N)Cc1ccccc1)C(=O)NC(CO)C(=O)NC(CO)C(=O)O. The van der Waals surface area contributed by atoms with Crippen molar-refractivity contribution in [2.75, 3.05) is 13.2 Å². The Bertz CT molecular complexity index is 757. The Morgan fingerprint density at radius 1 is 0.871 bits per heavy atom. The van der Waals surface area contributed by atoms with Gasteiger partial charge in [0.1, 0.15) is 18.1 Å². The third kappa shape index (κ3) is 8.32. The van der Waals surface area contributed by atoms with Crippen molar-refractivity contribution in [3.8, 4) is 0 Å². The molecule has 1 rings (SSSR count). The number of hydrogen-bond donors (Lipinski definition) is 7. The van der Waals surface area contributed by atoms with E-state index in [0.29, 0.717) is 0 Å². The minimum atomic E-state index is -1.59. The minimum absolute atomic E-state index is 0.262. The second kappa shape index (κ2) is 12.6. The van der Waals surface area contributed by atoms with Gasteiger partial charge < -0.3 is 37.0 Å². The lowest BCUT2D eigenvalue weighted by atomic mass is 10.0. The van der Waals surface area contributed by atoms with Crippen molar-refractivity contribution in [3.63, 3.8) is 0 Å². The van der Waals surface area contributed by atoms with Gasteiger partial charge in [-0.2, -0.15) is 0 Å². The highest BCUT2D eigenvalue weighted by atomic mass is 16.4. The Kier molecular flexibility index (Phi) is 10.6. The Balaban J connectivity index is 2.77. The highest BCUT2D eigenvalue weighted by molar-refractivity contribution is 5.94. The fourth-order valence-electron chi connectivity index (χ4n) is 2.67. The number of aliphatic hydroxyl groups is 2. The van der Waals surface area contributed by atoms with Crippen LogP contribution in [0.2, 0.25) is 0 Å². The monoisotopic (exact) mass is 438 g/mol. The molecule has 1 aromatic rings. The molecule has 0 aromatic heterocycles. The van der Waals surface area contributed by atoms with Crippen molar-refractivity contribution in [1.82, 2.24) is 16.0 Å². The van der Waals surface area contributed by atoms with Crippen LogP contribution < -0.4 is 21.7 Å². The zero-order valence-electron chi connectivity index (χ0n) is 17.4. The fraction of sp³-hybridized carbons (Fsp3) is 0.500. The van der Waals surface area contributed by atoms with Crippen molar-refractivity contribution in [1.29, 1.82) is 0 Å². The predicted molar refractivity (Wildman–Crippen MR) is 111 cm³/mol. The van der Waals surface area contributed by atoms with E-state index in [1.165, 1.54) is 0 Å². The molecule has 11 nitrogen and oxygen atoms in total. The predicted octanol–water partition coefficient (Wildman–Crippen LogP) is -2.26. The summed E-state index contributed by atoms with van der Waals surface area (Å²) in [6, 6.07) is 4.08. The fourth-order valence-corrected chi connectivity index (χ4v) is 2.67. The molecule has 0 aliphatic rings. The lowest BCUT2D eigenvalue weighted by Gasteiger charge is -2.26. The first-order chi connectivity index (χ1) is 14.6. The van der Waals surface area contributed by atoms with Gasteiger partial charge >= 0.3 is 5.97 Å². The summed E-state index contributed by atoms with van der Waals surface area (Å²) in [6.45, 7) is 1.67. The molecule has 1 aromatic carbocycles. The summed E-state index contributed by atoms with van der Waals surface area (Å²) >= 11 is 0. The number of carbonyl (C=O) groups excluding carboxylic acids is 3. The molecule has 0 radical (unpaired) electrons. The third-order valence-electron chi connectivity index (χ3n) is 4.49. The number of carbonyl (C=O) groups is 4. The first-order valence-corrected chi connectivity index (χ1v) is 9.75. The van der Waals surface area contributed by atoms with Gasteiger partial charge in [-0.15, -0.1) is 0 Å². The van der Waals surface area contributed by atoms with Gasteiger partial charge in [0, 0.05) is 0 Å². The molecule has 4 atom stereocenters. The van der Waals surface area contributed by atoms with Gasteiger partial charge in [0.25, 0.3) is 0 Å². The Morgan fingerprint density at radius 3 is 1.90 bits per heavy atom. The van der Waals surface area contributed by atoms with Crippen molar-refractivity contribution >= 4 is 23.7 Å². The van der Waals surface area contributed by atoms with E-state index in [2.05, 4.69) is 10.6 Å². The summed E-state index contributed by atoms with van der Waals surface area (Å²) in [4.78, 5) is 48.2. The molecular weight excluding hydrogens is 408 g/mol. The molecular formula is C20H30N4O7. The van der Waals surface area contributed by atoms with Gasteiger partial charge in [0.05, 0.1) is 19.3 Å². The van der Waals surface area contributed by atoms with Crippen LogP contribution in [0.25, 0.3) is 0 Å². The number of hydrogen-bond acceptors (Lipinski definition) is 7. The zero-order chi connectivity index (χ0) is 23.6. The summed E-state index contributed by atoms with van der Waals surface area (Å²) < 4.78 is 0. The first-order valence-electron chi connectivity index (χ1n) is 9.75. The van der Waals surface area contributed by atoms with Crippen molar-refractivity contribution in [3.05, 3.63) is 35.9 Å². The molecule has 0 bridgehead atoms. The molecule has 3 amide bonds. The average molecular weight is 438 g/mol. The van der Waals surface area contributed by atoms with Gasteiger partial charge in [0.15, 0.2) is 0 Å². The van der Waals surface area contributed by atoms with Crippen LogP contribution >= 0.6 is 0 Å². The maximum absolute atomic E-state index is 12.6. The number of carboxylic acid groups (broad SMARTS) is 1. The largest absolute Gasteiger partial charge is 0.480 e. The summed E-state index contributed by atoms with van der Waals surface area (Å²) in [5.74, 6) is -4.15. The summed E-state index contributed by atoms with van der Waals surface area (Å²) in [5, 5.41) is 34.2. The number of nitrogens with two attached hydrogens (primary N) is 1. The Labute approximate surface area is 180 Å². The maximum Gasteiger partial charge on any atom is 0.328 e. The smallest absolute Gasteiger partial charge is 0.328 e. The quantitative estimate of drug-likeness (QED) is 0.190. The molecule has 0 saturated heterocycles. The van der Waals surface area contributed by atoms with Crippen LogP contribution in [0.5, 0.6) is 0 Å². The van der Waals surface area contributed by atoms with Crippen LogP contribution in [0.3, 0.4) is 0 Å². The molecule has 31 heavy (non-hydrogen) atoms. The van der Waals surface area contributed by atoms with E-state index >= 15 is 0 Å². The Hall–Kier alpha value is -3.02. The van der Waals surface area contributed by atoms with E-state index in [-0.39, 0.29) is 12.3 Å². The number of aliphatic carboxylic acids is 1. The molecule has 0 fully saturated rings.